The van der Waals surface area contributed by atoms with Gasteiger partial charge in [-0.3, -0.25) is 14.5 Å². The van der Waals surface area contributed by atoms with Crippen LogP contribution in [0.4, 0.5) is 5.13 Å². The van der Waals surface area contributed by atoms with Gasteiger partial charge in [0.1, 0.15) is 24.3 Å². The van der Waals surface area contributed by atoms with Gasteiger partial charge in [-0.25, -0.2) is 0 Å². The number of alkyl halides is 1. The van der Waals surface area contributed by atoms with Gasteiger partial charge in [0.15, 0.2) is 5.13 Å². The third kappa shape index (κ3) is 7.02. The number of thioether (sulfide) groups is 1. The Bertz CT molecular complexity index is 1560. The Morgan fingerprint density at radius 3 is 2.53 bits per heavy atom. The van der Waals surface area contributed by atoms with E-state index >= 15 is 0 Å². The SMILES string of the molecule is CO/N=C(\C(=O)N[C@@H]1C(=O)N2C(COCc3ccc(OC)cc3)=C(/C=C\c3ccc(CCl)cc3)CS[C@H]12)c1nsc(N)n1. The predicted octanol–water partition coefficient (Wildman–Crippen LogP) is 3.80. The van der Waals surface area contributed by atoms with Crippen LogP contribution in [0.1, 0.15) is 22.5 Å². The summed E-state index contributed by atoms with van der Waals surface area (Å²) in [6.45, 7) is 0.559. The number of β-lactam (4-membered cyclic amide) rings is 1. The second-order valence-corrected chi connectivity index (χ2v) is 11.6. The number of aromatic nitrogens is 2. The summed E-state index contributed by atoms with van der Waals surface area (Å²) < 4.78 is 15.4. The van der Waals surface area contributed by atoms with Crippen LogP contribution in [0.25, 0.3) is 6.08 Å². The fourth-order valence-corrected chi connectivity index (χ4v) is 6.48. The maximum atomic E-state index is 13.5. The third-order valence-electron chi connectivity index (χ3n) is 6.73. The lowest BCUT2D eigenvalue weighted by atomic mass is 10.0. The van der Waals surface area contributed by atoms with Gasteiger partial charge in [0, 0.05) is 23.2 Å². The number of carbonyl (C=O) groups excluding carboxylic acids is 2. The Balaban J connectivity index is 1.34. The van der Waals surface area contributed by atoms with E-state index in [0.29, 0.717) is 18.2 Å². The van der Waals surface area contributed by atoms with Gasteiger partial charge in [-0.1, -0.05) is 53.7 Å². The Kier molecular flexibility index (Phi) is 9.97. The molecule has 2 atom stereocenters. The zero-order valence-electron chi connectivity index (χ0n) is 23.4. The van der Waals surface area contributed by atoms with E-state index in [1.165, 1.54) is 7.11 Å². The predicted molar refractivity (Wildman–Crippen MR) is 168 cm³/mol. The summed E-state index contributed by atoms with van der Waals surface area (Å²) in [5.74, 6) is 0.962. The number of nitrogen functional groups attached to an aromatic ring is 1. The Labute approximate surface area is 261 Å². The van der Waals surface area contributed by atoms with Crippen LogP contribution < -0.4 is 15.8 Å². The molecule has 43 heavy (non-hydrogen) atoms. The van der Waals surface area contributed by atoms with Crippen LogP contribution >= 0.6 is 34.9 Å². The topological polar surface area (TPSA) is 141 Å². The van der Waals surface area contributed by atoms with E-state index in [1.54, 1.807) is 23.8 Å². The molecule has 5 rings (SSSR count). The molecule has 3 heterocycles. The number of nitrogens with one attached hydrogen (secondary N) is 1. The number of rotatable bonds is 12. The molecule has 2 aromatic carbocycles. The lowest BCUT2D eigenvalue weighted by molar-refractivity contribution is -0.145. The molecule has 0 saturated carbocycles. The number of benzene rings is 2. The zero-order valence-corrected chi connectivity index (χ0v) is 25.7. The minimum absolute atomic E-state index is 0.0285. The van der Waals surface area contributed by atoms with Gasteiger partial charge < -0.3 is 25.4 Å². The molecule has 0 spiro atoms. The number of nitrogens with two attached hydrogens (primary N) is 1. The number of halogens is 1. The summed E-state index contributed by atoms with van der Waals surface area (Å²) in [6, 6.07) is 14.8. The summed E-state index contributed by atoms with van der Waals surface area (Å²) in [6.07, 6.45) is 4.01. The van der Waals surface area contributed by atoms with Crippen molar-refractivity contribution in [2.75, 3.05) is 32.3 Å². The number of ether oxygens (including phenoxy) is 2. The zero-order chi connectivity index (χ0) is 30.3. The molecule has 3 aromatic rings. The molecule has 224 valence electrons. The first-order valence-electron chi connectivity index (χ1n) is 13.1. The fraction of sp³-hybridized carbons (Fsp3) is 0.276. The van der Waals surface area contributed by atoms with Crippen LogP contribution in [-0.2, 0) is 31.7 Å². The first kappa shape index (κ1) is 30.5. The minimum Gasteiger partial charge on any atom is -0.497 e. The van der Waals surface area contributed by atoms with Crippen LogP contribution in [0, 0.1) is 0 Å². The number of oxime groups is 1. The molecule has 0 unspecified atom stereocenters. The number of methoxy groups -OCH3 is 1. The Morgan fingerprint density at radius 1 is 1.14 bits per heavy atom. The molecule has 2 aliphatic rings. The van der Waals surface area contributed by atoms with Gasteiger partial charge in [0.25, 0.3) is 11.8 Å². The number of amides is 2. The van der Waals surface area contributed by atoms with Crippen molar-refractivity contribution >= 4 is 63.6 Å². The van der Waals surface area contributed by atoms with Crippen molar-refractivity contribution < 1.29 is 23.9 Å². The fourth-order valence-electron chi connectivity index (χ4n) is 4.49. The van der Waals surface area contributed by atoms with Crippen molar-refractivity contribution in [1.29, 1.82) is 0 Å². The molecule has 1 aromatic heterocycles. The Hall–Kier alpha value is -3.91. The molecule has 0 radical (unpaired) electrons. The highest BCUT2D eigenvalue weighted by Gasteiger charge is 2.52. The number of nitrogens with zero attached hydrogens (tertiary/aromatic N) is 4. The average Bonchev–Trinajstić information content (AvgIpc) is 3.47. The van der Waals surface area contributed by atoms with E-state index in [2.05, 4.69) is 19.8 Å². The maximum absolute atomic E-state index is 13.5. The molecule has 1 fully saturated rings. The summed E-state index contributed by atoms with van der Waals surface area (Å²) in [5, 5.41) is 6.39. The highest BCUT2D eigenvalue weighted by molar-refractivity contribution is 8.00. The van der Waals surface area contributed by atoms with Crippen molar-refractivity contribution in [1.82, 2.24) is 19.6 Å². The average molecular weight is 641 g/mol. The second kappa shape index (κ2) is 14.0. The normalized spacial score (nSPS) is 18.4. The van der Waals surface area contributed by atoms with E-state index in [4.69, 9.17) is 31.6 Å². The second-order valence-electron chi connectivity index (χ2n) is 9.46. The summed E-state index contributed by atoms with van der Waals surface area (Å²) in [7, 11) is 2.92. The maximum Gasteiger partial charge on any atom is 0.278 e. The van der Waals surface area contributed by atoms with Gasteiger partial charge in [-0.15, -0.1) is 23.4 Å². The number of allylic oxidation sites excluding steroid dienone is 1. The van der Waals surface area contributed by atoms with E-state index in [-0.39, 0.29) is 34.6 Å². The molecule has 2 amide bonds. The molecule has 1 saturated heterocycles. The molecular formula is C29H29ClN6O5S2. The number of fused-ring (bicyclic) bond motifs is 1. The smallest absolute Gasteiger partial charge is 0.278 e. The van der Waals surface area contributed by atoms with Gasteiger partial charge >= 0.3 is 0 Å². The molecule has 3 N–H and O–H groups in total. The first-order chi connectivity index (χ1) is 20.9. The van der Waals surface area contributed by atoms with E-state index < -0.39 is 11.9 Å². The van der Waals surface area contributed by atoms with E-state index in [1.807, 2.05) is 60.7 Å². The summed E-state index contributed by atoms with van der Waals surface area (Å²) >= 11 is 8.41. The molecule has 0 aliphatic carbocycles. The highest BCUT2D eigenvalue weighted by atomic mass is 35.5. The summed E-state index contributed by atoms with van der Waals surface area (Å²) in [5.41, 5.74) is 10.2. The van der Waals surface area contributed by atoms with Gasteiger partial charge in [-0.05, 0) is 34.4 Å². The van der Waals surface area contributed by atoms with Gasteiger partial charge in [0.2, 0.25) is 11.5 Å². The number of hydrogen-bond donors (Lipinski definition) is 2. The third-order valence-corrected chi connectivity index (χ3v) is 8.88. The van der Waals surface area contributed by atoms with Crippen molar-refractivity contribution in [2.45, 2.75) is 23.9 Å². The van der Waals surface area contributed by atoms with Gasteiger partial charge in [-0.2, -0.15) is 9.36 Å². The van der Waals surface area contributed by atoms with Crippen LogP contribution in [0.2, 0.25) is 0 Å². The highest BCUT2D eigenvalue weighted by Crippen LogP contribution is 2.41. The lowest BCUT2D eigenvalue weighted by Gasteiger charge is -2.50. The molecule has 14 heteroatoms. The largest absolute Gasteiger partial charge is 0.497 e. The lowest BCUT2D eigenvalue weighted by Crippen LogP contribution is -2.70. The van der Waals surface area contributed by atoms with Gasteiger partial charge in [0.05, 0.1) is 26.0 Å². The van der Waals surface area contributed by atoms with Crippen molar-refractivity contribution in [3.63, 3.8) is 0 Å². The summed E-state index contributed by atoms with van der Waals surface area (Å²) in [4.78, 5) is 37.1. The number of anilines is 1. The van der Waals surface area contributed by atoms with Crippen LogP contribution in [-0.4, -0.2) is 69.8 Å². The Morgan fingerprint density at radius 2 is 1.88 bits per heavy atom. The first-order valence-corrected chi connectivity index (χ1v) is 15.5. The van der Waals surface area contributed by atoms with Crippen LogP contribution in [0.15, 0.2) is 71.0 Å². The van der Waals surface area contributed by atoms with Crippen molar-refractivity contribution in [2.24, 2.45) is 5.16 Å². The minimum atomic E-state index is -0.777. The van der Waals surface area contributed by atoms with Crippen molar-refractivity contribution in [3.8, 4) is 5.75 Å². The quantitative estimate of drug-likeness (QED) is 0.131. The molecule has 11 nitrogen and oxygen atoms in total. The standard InChI is InChI=1S/C29H29ClN6O5S2/c1-39-21-11-8-19(9-12-21)14-41-15-22-20(10-7-17-3-5-18(13-30)6-4-17)16-42-28-24(27(38)36(22)28)32-26(37)23(34-40-2)25-33-29(31)43-35-25/h3-12,24,28H,13-16H2,1-2H3,(H,32,37)(H2,31,33,35)/b10-7-,34-23-/t24-,28-/m1/s1. The molecule has 0 bridgehead atoms. The molecular weight excluding hydrogens is 612 g/mol. The van der Waals surface area contributed by atoms with Crippen molar-refractivity contribution in [3.05, 3.63) is 88.4 Å². The van der Waals surface area contributed by atoms with E-state index in [0.717, 1.165) is 45.2 Å². The monoisotopic (exact) mass is 640 g/mol. The van der Waals surface area contributed by atoms with Crippen LogP contribution in [0.3, 0.4) is 0 Å². The number of carbonyl (C=O) groups is 2. The van der Waals surface area contributed by atoms with E-state index in [9.17, 15) is 9.59 Å². The van der Waals surface area contributed by atoms with Crippen LogP contribution in [0.5, 0.6) is 5.75 Å². The molecule has 2 aliphatic heterocycles. The number of hydrogen-bond acceptors (Lipinski definition) is 11.